The molecule has 222 valence electrons. The van der Waals surface area contributed by atoms with Crippen molar-refractivity contribution in [1.29, 1.82) is 0 Å². The van der Waals surface area contributed by atoms with E-state index in [0.717, 1.165) is 18.2 Å². The number of likely N-dealkylation sites (N-methyl/N-ethyl adjacent to an activating group) is 1. The fourth-order valence-corrected chi connectivity index (χ4v) is 5.52. The van der Waals surface area contributed by atoms with Crippen LogP contribution in [0, 0.1) is 0 Å². The Labute approximate surface area is 250 Å². The van der Waals surface area contributed by atoms with E-state index in [1.165, 1.54) is 15.9 Å². The van der Waals surface area contributed by atoms with Crippen LogP contribution in [0.5, 0.6) is 0 Å². The van der Waals surface area contributed by atoms with Crippen molar-refractivity contribution in [2.75, 3.05) is 29.3 Å². The number of hydrogen-bond donors (Lipinski definition) is 1. The van der Waals surface area contributed by atoms with Crippen LogP contribution in [0.1, 0.15) is 39.9 Å². The van der Waals surface area contributed by atoms with E-state index in [1.54, 1.807) is 49.1 Å². The number of amides is 3. The van der Waals surface area contributed by atoms with Crippen molar-refractivity contribution in [1.82, 2.24) is 15.1 Å². The van der Waals surface area contributed by atoms with Gasteiger partial charge in [-0.2, -0.15) is 18.3 Å². The van der Waals surface area contributed by atoms with E-state index in [1.807, 2.05) is 30.3 Å². The third-order valence-corrected chi connectivity index (χ3v) is 7.63. The number of rotatable bonds is 7. The second-order valence-electron chi connectivity index (χ2n) is 9.91. The Morgan fingerprint density at radius 2 is 1.70 bits per heavy atom. The fourth-order valence-electron chi connectivity index (χ4n) is 5.34. The van der Waals surface area contributed by atoms with Gasteiger partial charge < -0.3 is 10.2 Å². The molecule has 0 saturated carbocycles. The maximum absolute atomic E-state index is 14.2. The highest BCUT2D eigenvalue weighted by atomic mass is 35.5. The number of para-hydroxylation sites is 2. The SMILES string of the molecule is CCN1C(=O)[C@H](NC(=O)c2cccc(C(F)(F)F)c2)[C@H](c2ccccc2N(C)C(=O)CCl)c2cnn(-c3ccccc3)c21. The highest BCUT2D eigenvalue weighted by Gasteiger charge is 2.45. The normalized spacial score (nSPS) is 16.5. The van der Waals surface area contributed by atoms with Gasteiger partial charge in [0, 0.05) is 36.3 Å². The molecule has 3 aromatic carbocycles. The van der Waals surface area contributed by atoms with Gasteiger partial charge in [0.15, 0.2) is 0 Å². The van der Waals surface area contributed by atoms with Crippen molar-refractivity contribution in [3.8, 4) is 5.69 Å². The van der Waals surface area contributed by atoms with Crippen molar-refractivity contribution in [2.45, 2.75) is 25.1 Å². The monoisotopic (exact) mass is 609 g/mol. The van der Waals surface area contributed by atoms with Gasteiger partial charge in [-0.1, -0.05) is 42.5 Å². The van der Waals surface area contributed by atoms with Gasteiger partial charge in [0.2, 0.25) is 5.91 Å². The number of halogens is 4. The minimum absolute atomic E-state index is 0.222. The van der Waals surface area contributed by atoms with Crippen LogP contribution < -0.4 is 15.1 Å². The van der Waals surface area contributed by atoms with Gasteiger partial charge in [-0.15, -0.1) is 11.6 Å². The number of nitrogens with one attached hydrogen (secondary N) is 1. The second-order valence-corrected chi connectivity index (χ2v) is 10.2. The molecule has 0 saturated heterocycles. The topological polar surface area (TPSA) is 87.5 Å². The van der Waals surface area contributed by atoms with E-state index >= 15 is 0 Å². The number of hydrogen-bond acceptors (Lipinski definition) is 4. The molecule has 0 unspecified atom stereocenters. The Kier molecular flexibility index (Phi) is 8.27. The molecule has 0 spiro atoms. The standard InChI is InChI=1S/C31H27ClF3N5O3/c1-3-39-29-23(18-36-40(29)21-12-5-4-6-13-21)26(22-14-7-8-15-24(22)38(2)25(41)17-32)27(30(39)43)37-28(42)19-10-9-11-20(16-19)31(33,34)35/h4-16,18,26-27H,3,17H2,1-2H3,(H,37,42)/t26-,27-/m1/s1. The zero-order valence-electron chi connectivity index (χ0n) is 23.2. The van der Waals surface area contributed by atoms with Crippen molar-refractivity contribution in [3.63, 3.8) is 0 Å². The Hall–Kier alpha value is -4.64. The van der Waals surface area contributed by atoms with E-state index in [9.17, 15) is 27.6 Å². The molecular formula is C31H27ClF3N5O3. The zero-order chi connectivity index (χ0) is 30.9. The summed E-state index contributed by atoms with van der Waals surface area (Å²) in [6, 6.07) is 18.9. The van der Waals surface area contributed by atoms with Crippen LogP contribution in [0.3, 0.4) is 0 Å². The van der Waals surface area contributed by atoms with Gasteiger partial charge in [-0.05, 0) is 48.9 Å². The van der Waals surface area contributed by atoms with Crippen molar-refractivity contribution in [3.05, 3.63) is 107 Å². The first-order valence-electron chi connectivity index (χ1n) is 13.4. The smallest absolute Gasteiger partial charge is 0.339 e. The third-order valence-electron chi connectivity index (χ3n) is 7.40. The molecule has 5 rings (SSSR count). The van der Waals surface area contributed by atoms with Crippen LogP contribution in [0.4, 0.5) is 24.7 Å². The molecule has 1 aliphatic heterocycles. The third kappa shape index (κ3) is 5.60. The molecular weight excluding hydrogens is 583 g/mol. The van der Waals surface area contributed by atoms with Crippen molar-refractivity contribution >= 4 is 40.8 Å². The number of benzene rings is 3. The first-order chi connectivity index (χ1) is 20.6. The quantitative estimate of drug-likeness (QED) is 0.285. The summed E-state index contributed by atoms with van der Waals surface area (Å²) in [6.45, 7) is 2.00. The lowest BCUT2D eigenvalue weighted by Gasteiger charge is -2.39. The summed E-state index contributed by atoms with van der Waals surface area (Å²) in [5.74, 6) is -2.40. The Morgan fingerprint density at radius 3 is 2.37 bits per heavy atom. The summed E-state index contributed by atoms with van der Waals surface area (Å²) in [6.07, 6.45) is -3.05. The van der Waals surface area contributed by atoms with E-state index in [0.29, 0.717) is 28.3 Å². The maximum Gasteiger partial charge on any atom is 0.416 e. The fraction of sp³-hybridized carbons (Fsp3) is 0.226. The van der Waals surface area contributed by atoms with Crippen LogP contribution >= 0.6 is 11.6 Å². The molecule has 1 aliphatic rings. The van der Waals surface area contributed by atoms with E-state index in [4.69, 9.17) is 11.6 Å². The van der Waals surface area contributed by atoms with Crippen LogP contribution in [0.15, 0.2) is 85.1 Å². The van der Waals surface area contributed by atoms with E-state index < -0.39 is 41.4 Å². The summed E-state index contributed by atoms with van der Waals surface area (Å²) in [4.78, 5) is 43.2. The number of nitrogens with zero attached hydrogens (tertiary/aromatic N) is 4. The van der Waals surface area contributed by atoms with Crippen LogP contribution in [0.2, 0.25) is 0 Å². The summed E-state index contributed by atoms with van der Waals surface area (Å²) >= 11 is 5.86. The lowest BCUT2D eigenvalue weighted by atomic mass is 9.81. The van der Waals surface area contributed by atoms with Gasteiger partial charge in [0.1, 0.15) is 17.7 Å². The predicted octanol–water partition coefficient (Wildman–Crippen LogP) is 5.39. The molecule has 0 fully saturated rings. The summed E-state index contributed by atoms with van der Waals surface area (Å²) in [7, 11) is 1.55. The summed E-state index contributed by atoms with van der Waals surface area (Å²) in [5, 5.41) is 7.31. The van der Waals surface area contributed by atoms with Crippen molar-refractivity contribution in [2.24, 2.45) is 0 Å². The van der Waals surface area contributed by atoms with Crippen molar-refractivity contribution < 1.29 is 27.6 Å². The molecule has 8 nitrogen and oxygen atoms in total. The Bertz CT molecular complexity index is 1670. The second kappa shape index (κ2) is 11.9. The molecule has 0 aliphatic carbocycles. The zero-order valence-corrected chi connectivity index (χ0v) is 23.9. The average Bonchev–Trinajstić information content (AvgIpc) is 3.45. The Balaban J connectivity index is 1.68. The lowest BCUT2D eigenvalue weighted by molar-refractivity contribution is -0.137. The number of alkyl halides is 4. The van der Waals surface area contributed by atoms with Gasteiger partial charge in [-0.3, -0.25) is 19.3 Å². The molecule has 0 bridgehead atoms. The molecule has 3 amide bonds. The van der Waals surface area contributed by atoms with Crippen LogP contribution in [-0.2, 0) is 15.8 Å². The largest absolute Gasteiger partial charge is 0.416 e. The molecule has 1 aromatic heterocycles. The molecule has 43 heavy (non-hydrogen) atoms. The highest BCUT2D eigenvalue weighted by Crippen LogP contribution is 2.44. The minimum Gasteiger partial charge on any atom is -0.339 e. The van der Waals surface area contributed by atoms with Gasteiger partial charge >= 0.3 is 6.18 Å². The number of aromatic nitrogens is 2. The van der Waals surface area contributed by atoms with Gasteiger partial charge in [0.25, 0.3) is 11.8 Å². The summed E-state index contributed by atoms with van der Waals surface area (Å²) in [5.41, 5.74) is 1.02. The first kappa shape index (κ1) is 29.8. The number of carbonyl (C=O) groups excluding carboxylic acids is 3. The van der Waals surface area contributed by atoms with Gasteiger partial charge in [0.05, 0.1) is 17.4 Å². The van der Waals surface area contributed by atoms with Crippen LogP contribution in [-0.4, -0.2) is 53.0 Å². The molecule has 2 heterocycles. The number of anilines is 2. The highest BCUT2D eigenvalue weighted by molar-refractivity contribution is 6.29. The number of carbonyl (C=O) groups is 3. The molecule has 2 atom stereocenters. The first-order valence-corrected chi connectivity index (χ1v) is 13.9. The van der Waals surface area contributed by atoms with E-state index in [-0.39, 0.29) is 18.0 Å². The predicted molar refractivity (Wildman–Crippen MR) is 157 cm³/mol. The van der Waals surface area contributed by atoms with E-state index in [2.05, 4.69) is 10.4 Å². The summed E-state index contributed by atoms with van der Waals surface area (Å²) < 4.78 is 41.9. The molecule has 12 heteroatoms. The minimum atomic E-state index is -4.65. The number of fused-ring (bicyclic) bond motifs is 1. The average molecular weight is 610 g/mol. The molecule has 4 aromatic rings. The lowest BCUT2D eigenvalue weighted by Crippen LogP contribution is -2.55. The molecule has 0 radical (unpaired) electrons. The molecule has 1 N–H and O–H groups in total. The van der Waals surface area contributed by atoms with Crippen LogP contribution in [0.25, 0.3) is 5.69 Å². The Morgan fingerprint density at radius 1 is 1.00 bits per heavy atom. The van der Waals surface area contributed by atoms with Gasteiger partial charge in [-0.25, -0.2) is 4.68 Å². The maximum atomic E-state index is 14.2.